The van der Waals surface area contributed by atoms with E-state index in [0.29, 0.717) is 28.7 Å². The number of aromatic nitrogens is 2. The monoisotopic (exact) mass is 367 g/mol. The van der Waals surface area contributed by atoms with Gasteiger partial charge in [-0.25, -0.2) is 9.37 Å². The van der Waals surface area contributed by atoms with E-state index in [1.807, 2.05) is 12.1 Å². The van der Waals surface area contributed by atoms with Crippen LogP contribution in [-0.4, -0.2) is 29.7 Å². The smallest absolute Gasteiger partial charge is 0.226 e. The number of para-hydroxylation sites is 1. The molecule has 2 aromatic carbocycles. The minimum absolute atomic E-state index is 0.163. The summed E-state index contributed by atoms with van der Waals surface area (Å²) in [5, 5.41) is 2.82. The normalized spacial score (nSPS) is 15.8. The fraction of sp³-hybridized carbons (Fsp3) is 0.200. The summed E-state index contributed by atoms with van der Waals surface area (Å²) >= 11 is 0. The van der Waals surface area contributed by atoms with Gasteiger partial charge in [0.25, 0.3) is 0 Å². The van der Waals surface area contributed by atoms with Crippen molar-refractivity contribution in [3.05, 3.63) is 65.9 Å². The molecule has 138 valence electrons. The van der Waals surface area contributed by atoms with Gasteiger partial charge in [-0.2, -0.15) is 0 Å². The van der Waals surface area contributed by atoms with Crippen molar-refractivity contribution in [2.75, 3.05) is 19.5 Å². The van der Waals surface area contributed by atoms with E-state index < -0.39 is 5.82 Å². The Morgan fingerprint density at radius 1 is 1.19 bits per heavy atom. The molecule has 1 aliphatic rings. The lowest BCUT2D eigenvalue weighted by Gasteiger charge is -2.25. The molecule has 1 aromatic heterocycles. The number of halogens is 1. The van der Waals surface area contributed by atoms with E-state index in [9.17, 15) is 9.18 Å². The van der Waals surface area contributed by atoms with Crippen LogP contribution in [0.3, 0.4) is 0 Å². The largest absolute Gasteiger partial charge is 0.497 e. The second-order valence-corrected chi connectivity index (χ2v) is 6.21. The molecule has 3 aromatic rings. The van der Waals surface area contributed by atoms with Crippen LogP contribution in [-0.2, 0) is 4.79 Å². The zero-order valence-corrected chi connectivity index (χ0v) is 14.9. The van der Waals surface area contributed by atoms with Crippen molar-refractivity contribution in [1.29, 1.82) is 0 Å². The molecule has 1 aliphatic heterocycles. The van der Waals surface area contributed by atoms with Gasteiger partial charge in [-0.05, 0) is 18.2 Å². The van der Waals surface area contributed by atoms with Crippen molar-refractivity contribution < 1.29 is 18.7 Å². The van der Waals surface area contributed by atoms with E-state index in [-0.39, 0.29) is 18.2 Å². The van der Waals surface area contributed by atoms with Gasteiger partial charge in [-0.15, -0.1) is 0 Å². The van der Waals surface area contributed by atoms with Gasteiger partial charge in [0.05, 0.1) is 25.6 Å². The van der Waals surface area contributed by atoms with Crippen LogP contribution in [0.1, 0.15) is 23.6 Å². The second kappa shape index (κ2) is 6.75. The molecule has 1 N–H and O–H groups in total. The van der Waals surface area contributed by atoms with Gasteiger partial charge >= 0.3 is 0 Å². The second-order valence-electron chi connectivity index (χ2n) is 6.21. The van der Waals surface area contributed by atoms with Crippen LogP contribution >= 0.6 is 0 Å². The molecule has 4 rings (SSSR count). The maximum atomic E-state index is 14.2. The molecule has 7 heteroatoms. The van der Waals surface area contributed by atoms with Crippen molar-refractivity contribution >= 4 is 11.7 Å². The van der Waals surface area contributed by atoms with Crippen molar-refractivity contribution in [2.24, 2.45) is 0 Å². The molecule has 1 amide bonds. The van der Waals surface area contributed by atoms with E-state index in [0.717, 1.165) is 5.56 Å². The number of fused-ring (bicyclic) bond motifs is 1. The molecule has 0 fully saturated rings. The van der Waals surface area contributed by atoms with E-state index >= 15 is 0 Å². The molecule has 0 unspecified atom stereocenters. The number of imidazole rings is 1. The third-order valence-electron chi connectivity index (χ3n) is 4.70. The molecule has 0 spiro atoms. The highest BCUT2D eigenvalue weighted by Crippen LogP contribution is 2.41. The Balaban J connectivity index is 1.84. The number of ether oxygens (including phenoxy) is 2. The van der Waals surface area contributed by atoms with E-state index in [1.165, 1.54) is 12.4 Å². The quantitative estimate of drug-likeness (QED) is 0.766. The highest BCUT2D eigenvalue weighted by molar-refractivity contribution is 5.94. The number of carbonyl (C=O) groups is 1. The van der Waals surface area contributed by atoms with Gasteiger partial charge in [0.15, 0.2) is 0 Å². The van der Waals surface area contributed by atoms with Crippen molar-refractivity contribution in [3.63, 3.8) is 0 Å². The Hall–Kier alpha value is -3.35. The van der Waals surface area contributed by atoms with Crippen molar-refractivity contribution in [2.45, 2.75) is 12.3 Å². The zero-order chi connectivity index (χ0) is 19.0. The summed E-state index contributed by atoms with van der Waals surface area (Å²) < 4.78 is 26.5. The summed E-state index contributed by atoms with van der Waals surface area (Å²) in [7, 11) is 3.15. The van der Waals surface area contributed by atoms with E-state index in [4.69, 9.17) is 9.47 Å². The van der Waals surface area contributed by atoms with E-state index in [2.05, 4.69) is 10.3 Å². The molecule has 2 heterocycles. The first-order valence-corrected chi connectivity index (χ1v) is 8.46. The number of methoxy groups -OCH3 is 2. The van der Waals surface area contributed by atoms with Crippen LogP contribution in [0.5, 0.6) is 11.5 Å². The Bertz CT molecular complexity index is 1020. The topological polar surface area (TPSA) is 65.4 Å². The zero-order valence-electron chi connectivity index (χ0n) is 14.9. The summed E-state index contributed by atoms with van der Waals surface area (Å²) in [6.07, 6.45) is 1.75. The summed E-state index contributed by atoms with van der Waals surface area (Å²) in [4.78, 5) is 16.9. The minimum atomic E-state index is -0.392. The Kier molecular flexibility index (Phi) is 4.27. The Labute approximate surface area is 155 Å². The number of nitrogens with zero attached hydrogens (tertiary/aromatic N) is 2. The number of rotatable bonds is 4. The highest BCUT2D eigenvalue weighted by atomic mass is 19.1. The fourth-order valence-electron chi connectivity index (χ4n) is 3.40. The first kappa shape index (κ1) is 17.1. The molecule has 0 aliphatic carbocycles. The first-order chi connectivity index (χ1) is 13.1. The molecule has 1 atom stereocenters. The number of amides is 1. The average Bonchev–Trinajstić information content (AvgIpc) is 3.10. The number of carbonyl (C=O) groups excluding carboxylic acids is 1. The van der Waals surface area contributed by atoms with E-state index in [1.54, 1.807) is 43.1 Å². The van der Waals surface area contributed by atoms with Crippen molar-refractivity contribution in [1.82, 2.24) is 9.55 Å². The first-order valence-electron chi connectivity index (χ1n) is 8.46. The predicted molar refractivity (Wildman–Crippen MR) is 98.2 cm³/mol. The number of hydrogen-bond donors (Lipinski definition) is 1. The summed E-state index contributed by atoms with van der Waals surface area (Å²) in [6.45, 7) is 0. The maximum Gasteiger partial charge on any atom is 0.226 e. The molecule has 27 heavy (non-hydrogen) atoms. The Morgan fingerprint density at radius 2 is 2.00 bits per heavy atom. The van der Waals surface area contributed by atoms with Gasteiger partial charge in [0, 0.05) is 24.0 Å². The lowest BCUT2D eigenvalue weighted by molar-refractivity contribution is -0.116. The predicted octanol–water partition coefficient (Wildman–Crippen LogP) is 3.50. The van der Waals surface area contributed by atoms with Crippen molar-refractivity contribution in [3.8, 4) is 17.2 Å². The van der Waals surface area contributed by atoms with Crippen LogP contribution < -0.4 is 14.8 Å². The number of nitrogens with one attached hydrogen (secondary N) is 1. The number of anilines is 1. The van der Waals surface area contributed by atoms with Gasteiger partial charge in [-0.1, -0.05) is 18.2 Å². The van der Waals surface area contributed by atoms with Crippen LogP contribution in [0.2, 0.25) is 0 Å². The van der Waals surface area contributed by atoms with Gasteiger partial charge in [0.1, 0.15) is 29.5 Å². The van der Waals surface area contributed by atoms with Crippen LogP contribution in [0.15, 0.2) is 48.8 Å². The van der Waals surface area contributed by atoms with Gasteiger partial charge in [-0.3, -0.25) is 9.36 Å². The molecule has 0 radical (unpaired) electrons. The molecule has 6 nitrogen and oxygen atoms in total. The summed E-state index contributed by atoms with van der Waals surface area (Å²) in [6, 6.07) is 11.8. The summed E-state index contributed by atoms with van der Waals surface area (Å²) in [5.41, 5.74) is 1.82. The van der Waals surface area contributed by atoms with Crippen LogP contribution in [0.25, 0.3) is 5.69 Å². The molecule has 0 bridgehead atoms. The SMILES string of the molecule is COc1ccc([C@@H]2CC(=O)Nc3c2ncn3-c2ccccc2F)c(OC)c1. The highest BCUT2D eigenvalue weighted by Gasteiger charge is 2.33. The third kappa shape index (κ3) is 2.91. The lowest BCUT2D eigenvalue weighted by Crippen LogP contribution is -2.25. The number of hydrogen-bond acceptors (Lipinski definition) is 4. The number of benzene rings is 2. The average molecular weight is 367 g/mol. The van der Waals surface area contributed by atoms with Crippen LogP contribution in [0.4, 0.5) is 10.2 Å². The fourth-order valence-corrected chi connectivity index (χ4v) is 3.40. The molecular weight excluding hydrogens is 349 g/mol. The third-order valence-corrected chi connectivity index (χ3v) is 4.70. The standard InChI is InChI=1S/C20H18FN3O3/c1-26-12-7-8-13(17(9-12)27-2)14-10-18(25)23-20-19(14)22-11-24(20)16-6-4-3-5-15(16)21/h3-9,11,14H,10H2,1-2H3,(H,23,25)/t14-/m0/s1. The lowest BCUT2D eigenvalue weighted by atomic mass is 9.89. The van der Waals surface area contributed by atoms with Gasteiger partial charge in [0.2, 0.25) is 5.91 Å². The summed E-state index contributed by atoms with van der Waals surface area (Å²) in [5.74, 6) is 0.884. The Morgan fingerprint density at radius 3 is 2.74 bits per heavy atom. The molecular formula is C20H18FN3O3. The molecule has 0 saturated heterocycles. The van der Waals surface area contributed by atoms with Crippen LogP contribution in [0, 0.1) is 5.82 Å². The minimum Gasteiger partial charge on any atom is -0.497 e. The maximum absolute atomic E-state index is 14.2. The molecule has 0 saturated carbocycles. The van der Waals surface area contributed by atoms with Gasteiger partial charge < -0.3 is 14.8 Å².